The van der Waals surface area contributed by atoms with E-state index in [1.54, 1.807) is 0 Å². The summed E-state index contributed by atoms with van der Waals surface area (Å²) in [5, 5.41) is 23.1. The number of hydrogen-bond acceptors (Lipinski definition) is 3. The van der Waals surface area contributed by atoms with E-state index in [2.05, 4.69) is 12.2 Å². The zero-order valence-electron chi connectivity index (χ0n) is 12.6. The van der Waals surface area contributed by atoms with Gasteiger partial charge in [-0.05, 0) is 30.5 Å². The maximum atomic E-state index is 10.6. The van der Waals surface area contributed by atoms with Crippen LogP contribution in [0.4, 0.5) is 0 Å². The van der Waals surface area contributed by atoms with E-state index < -0.39 is 5.60 Å². The van der Waals surface area contributed by atoms with Crippen LogP contribution < -0.4 is 5.32 Å². The highest BCUT2D eigenvalue weighted by molar-refractivity contribution is 5.26. The summed E-state index contributed by atoms with van der Waals surface area (Å²) in [5.74, 6) is 0. The molecule has 0 saturated heterocycles. The zero-order valence-corrected chi connectivity index (χ0v) is 12.6. The molecule has 2 unspecified atom stereocenters. The maximum Gasteiger partial charge on any atom is 0.0992 e. The first-order valence-electron chi connectivity index (χ1n) is 7.24. The molecular formula is C18H23NO2. The van der Waals surface area contributed by atoms with Gasteiger partial charge in [0, 0.05) is 12.6 Å². The number of benzene rings is 2. The van der Waals surface area contributed by atoms with Gasteiger partial charge in [0.15, 0.2) is 0 Å². The molecular weight excluding hydrogens is 262 g/mol. The van der Waals surface area contributed by atoms with Crippen molar-refractivity contribution in [1.82, 2.24) is 5.32 Å². The number of aliphatic hydroxyl groups is 2. The lowest BCUT2D eigenvalue weighted by molar-refractivity contribution is 0.0543. The molecule has 112 valence electrons. The summed E-state index contributed by atoms with van der Waals surface area (Å²) >= 11 is 0. The average molecular weight is 285 g/mol. The van der Waals surface area contributed by atoms with Crippen molar-refractivity contribution in [2.75, 3.05) is 6.54 Å². The number of aliphatic hydroxyl groups excluding tert-OH is 1. The molecule has 21 heavy (non-hydrogen) atoms. The summed E-state index contributed by atoms with van der Waals surface area (Å²) < 4.78 is 0. The molecule has 0 bridgehead atoms. The van der Waals surface area contributed by atoms with E-state index in [-0.39, 0.29) is 12.6 Å². The van der Waals surface area contributed by atoms with Gasteiger partial charge in [-0.3, -0.25) is 0 Å². The molecule has 0 radical (unpaired) electrons. The van der Waals surface area contributed by atoms with Crippen LogP contribution in [0.25, 0.3) is 0 Å². The largest absolute Gasteiger partial charge is 0.392 e. The second kappa shape index (κ2) is 6.85. The fourth-order valence-electron chi connectivity index (χ4n) is 2.33. The average Bonchev–Trinajstić information content (AvgIpc) is 2.53. The van der Waals surface area contributed by atoms with Gasteiger partial charge in [0.25, 0.3) is 0 Å². The molecule has 0 amide bonds. The second-order valence-electron chi connectivity index (χ2n) is 5.65. The molecule has 0 heterocycles. The molecule has 3 nitrogen and oxygen atoms in total. The Labute approximate surface area is 126 Å². The van der Waals surface area contributed by atoms with E-state index in [1.165, 1.54) is 0 Å². The SMILES string of the molecule is CC(NCC(C)(O)c1ccccc1)c1cccc(CO)c1. The Kier molecular flexibility index (Phi) is 5.12. The summed E-state index contributed by atoms with van der Waals surface area (Å²) in [6.07, 6.45) is 0. The lowest BCUT2D eigenvalue weighted by Gasteiger charge is -2.27. The van der Waals surface area contributed by atoms with Crippen molar-refractivity contribution in [2.45, 2.75) is 32.1 Å². The number of nitrogens with one attached hydrogen (secondary N) is 1. The lowest BCUT2D eigenvalue weighted by atomic mass is 9.95. The highest BCUT2D eigenvalue weighted by atomic mass is 16.3. The van der Waals surface area contributed by atoms with E-state index in [0.717, 1.165) is 16.7 Å². The van der Waals surface area contributed by atoms with Gasteiger partial charge >= 0.3 is 0 Å². The van der Waals surface area contributed by atoms with Crippen molar-refractivity contribution < 1.29 is 10.2 Å². The summed E-state index contributed by atoms with van der Waals surface area (Å²) in [7, 11) is 0. The van der Waals surface area contributed by atoms with Crippen LogP contribution in [-0.4, -0.2) is 16.8 Å². The van der Waals surface area contributed by atoms with Crippen molar-refractivity contribution >= 4 is 0 Å². The minimum atomic E-state index is -0.913. The molecule has 2 aromatic rings. The van der Waals surface area contributed by atoms with Crippen LogP contribution in [0.15, 0.2) is 54.6 Å². The molecule has 0 fully saturated rings. The molecule has 0 saturated carbocycles. The smallest absolute Gasteiger partial charge is 0.0992 e. The lowest BCUT2D eigenvalue weighted by Crippen LogP contribution is -2.36. The van der Waals surface area contributed by atoms with Gasteiger partial charge in [0.1, 0.15) is 0 Å². The van der Waals surface area contributed by atoms with Crippen LogP contribution in [0.1, 0.15) is 36.6 Å². The van der Waals surface area contributed by atoms with Gasteiger partial charge < -0.3 is 15.5 Å². The van der Waals surface area contributed by atoms with Crippen molar-refractivity contribution in [3.05, 3.63) is 71.3 Å². The van der Waals surface area contributed by atoms with E-state index in [9.17, 15) is 10.2 Å². The van der Waals surface area contributed by atoms with Gasteiger partial charge in [-0.15, -0.1) is 0 Å². The van der Waals surface area contributed by atoms with Crippen molar-refractivity contribution in [3.8, 4) is 0 Å². The second-order valence-corrected chi connectivity index (χ2v) is 5.65. The van der Waals surface area contributed by atoms with E-state index in [0.29, 0.717) is 6.54 Å². The number of rotatable bonds is 6. The summed E-state index contributed by atoms with van der Waals surface area (Å²) in [4.78, 5) is 0. The third kappa shape index (κ3) is 4.14. The Morgan fingerprint density at radius 2 is 1.81 bits per heavy atom. The summed E-state index contributed by atoms with van der Waals surface area (Å²) in [5.41, 5.74) is 1.99. The minimum absolute atomic E-state index is 0.0439. The van der Waals surface area contributed by atoms with Crippen molar-refractivity contribution in [2.24, 2.45) is 0 Å². The Balaban J connectivity index is 2.01. The van der Waals surface area contributed by atoms with Crippen LogP contribution in [0.2, 0.25) is 0 Å². The molecule has 3 N–H and O–H groups in total. The van der Waals surface area contributed by atoms with Crippen LogP contribution in [-0.2, 0) is 12.2 Å². The molecule has 2 rings (SSSR count). The van der Waals surface area contributed by atoms with Gasteiger partial charge in [-0.25, -0.2) is 0 Å². The predicted molar refractivity (Wildman–Crippen MR) is 84.8 cm³/mol. The first-order chi connectivity index (χ1) is 10.0. The molecule has 2 aromatic carbocycles. The molecule has 3 heteroatoms. The van der Waals surface area contributed by atoms with Gasteiger partial charge in [-0.2, -0.15) is 0 Å². The third-order valence-corrected chi connectivity index (χ3v) is 3.78. The first-order valence-corrected chi connectivity index (χ1v) is 7.24. The maximum absolute atomic E-state index is 10.6. The number of hydrogen-bond donors (Lipinski definition) is 3. The topological polar surface area (TPSA) is 52.5 Å². The Hall–Kier alpha value is -1.68. The van der Waals surface area contributed by atoms with Gasteiger partial charge in [0.2, 0.25) is 0 Å². The zero-order chi connectivity index (χ0) is 15.3. The standard InChI is InChI=1S/C18H23NO2/c1-14(16-8-6-7-15(11-16)12-20)19-13-18(2,21)17-9-4-3-5-10-17/h3-11,14,19-21H,12-13H2,1-2H3. The molecule has 0 spiro atoms. The highest BCUT2D eigenvalue weighted by Gasteiger charge is 2.23. The van der Waals surface area contributed by atoms with E-state index >= 15 is 0 Å². The highest BCUT2D eigenvalue weighted by Crippen LogP contribution is 2.21. The van der Waals surface area contributed by atoms with Crippen LogP contribution in [0.5, 0.6) is 0 Å². The monoisotopic (exact) mass is 285 g/mol. The Bertz CT molecular complexity index is 566. The van der Waals surface area contributed by atoms with Gasteiger partial charge in [0.05, 0.1) is 12.2 Å². The molecule has 0 aliphatic carbocycles. The third-order valence-electron chi connectivity index (χ3n) is 3.78. The quantitative estimate of drug-likeness (QED) is 0.765. The molecule has 0 aliphatic heterocycles. The van der Waals surface area contributed by atoms with Crippen molar-refractivity contribution in [1.29, 1.82) is 0 Å². The van der Waals surface area contributed by atoms with E-state index in [4.69, 9.17) is 0 Å². The fourth-order valence-corrected chi connectivity index (χ4v) is 2.33. The fraction of sp³-hybridized carbons (Fsp3) is 0.333. The molecule has 0 aliphatic rings. The van der Waals surface area contributed by atoms with Crippen LogP contribution in [0, 0.1) is 0 Å². The summed E-state index contributed by atoms with van der Waals surface area (Å²) in [6.45, 7) is 4.37. The predicted octanol–water partition coefficient (Wildman–Crippen LogP) is 2.74. The summed E-state index contributed by atoms with van der Waals surface area (Å²) in [6, 6.07) is 17.6. The normalized spacial score (nSPS) is 15.4. The molecule has 0 aromatic heterocycles. The minimum Gasteiger partial charge on any atom is -0.392 e. The Morgan fingerprint density at radius 3 is 2.48 bits per heavy atom. The van der Waals surface area contributed by atoms with Gasteiger partial charge in [-0.1, -0.05) is 54.6 Å². The van der Waals surface area contributed by atoms with Crippen LogP contribution >= 0.6 is 0 Å². The van der Waals surface area contributed by atoms with Crippen LogP contribution in [0.3, 0.4) is 0 Å². The van der Waals surface area contributed by atoms with Crippen molar-refractivity contribution in [3.63, 3.8) is 0 Å². The van der Waals surface area contributed by atoms with E-state index in [1.807, 2.05) is 61.5 Å². The first kappa shape index (κ1) is 15.7. The Morgan fingerprint density at radius 1 is 1.10 bits per heavy atom. The molecule has 2 atom stereocenters.